The minimum absolute atomic E-state index is 0.105. The maximum atomic E-state index is 12.0. The van der Waals surface area contributed by atoms with Crippen LogP contribution in [0.15, 0.2) is 47.8 Å². The molecule has 25 heavy (non-hydrogen) atoms. The molecule has 126 valence electrons. The van der Waals surface area contributed by atoms with Crippen LogP contribution in [0.4, 0.5) is 5.82 Å². The molecule has 0 saturated heterocycles. The van der Waals surface area contributed by atoms with E-state index in [0.717, 1.165) is 40.7 Å². The van der Waals surface area contributed by atoms with Gasteiger partial charge in [-0.15, -0.1) is 0 Å². The maximum absolute atomic E-state index is 12.0. The van der Waals surface area contributed by atoms with Crippen LogP contribution in [0.25, 0.3) is 21.9 Å². The third kappa shape index (κ3) is 2.84. The molecule has 4 rings (SSSR count). The maximum Gasteiger partial charge on any atom is 0.326 e. The largest absolute Gasteiger partial charge is 0.369 e. The normalized spacial score (nSPS) is 11.2. The minimum atomic E-state index is -0.105. The Kier molecular flexibility index (Phi) is 3.89. The monoisotopic (exact) mass is 334 g/mol. The first kappa shape index (κ1) is 15.3. The number of aromatic nitrogens is 5. The summed E-state index contributed by atoms with van der Waals surface area (Å²) in [5.74, 6) is 0.765. The lowest BCUT2D eigenvalue weighted by atomic mass is 10.2. The van der Waals surface area contributed by atoms with Crippen LogP contribution in [0.2, 0.25) is 0 Å². The number of pyridine rings is 1. The number of anilines is 1. The van der Waals surface area contributed by atoms with Gasteiger partial charge in [-0.25, -0.2) is 14.8 Å². The molecule has 0 aliphatic carbocycles. The lowest BCUT2D eigenvalue weighted by Crippen LogP contribution is -2.14. The number of aromatic amines is 1. The molecule has 0 saturated carbocycles. The highest BCUT2D eigenvalue weighted by molar-refractivity contribution is 5.98. The Hall–Kier alpha value is -3.22. The molecule has 0 aliphatic heterocycles. The molecule has 0 radical (unpaired) electrons. The number of rotatable bonds is 5. The predicted molar refractivity (Wildman–Crippen MR) is 97.8 cm³/mol. The van der Waals surface area contributed by atoms with E-state index in [0.29, 0.717) is 6.54 Å². The highest BCUT2D eigenvalue weighted by atomic mass is 16.1. The van der Waals surface area contributed by atoms with Crippen molar-refractivity contribution in [1.29, 1.82) is 0 Å². The van der Waals surface area contributed by atoms with Crippen molar-refractivity contribution in [3.63, 3.8) is 0 Å². The fourth-order valence-electron chi connectivity index (χ4n) is 3.03. The van der Waals surface area contributed by atoms with Crippen molar-refractivity contribution >= 4 is 27.8 Å². The second kappa shape index (κ2) is 6.35. The van der Waals surface area contributed by atoms with E-state index in [9.17, 15) is 4.79 Å². The van der Waals surface area contributed by atoms with Gasteiger partial charge in [0.1, 0.15) is 12.1 Å². The van der Waals surface area contributed by atoms with Crippen molar-refractivity contribution in [3.8, 4) is 0 Å². The fraction of sp³-hybridized carbons (Fsp3) is 0.222. The molecular weight excluding hydrogens is 316 g/mol. The Balaban J connectivity index is 1.67. The number of hydrogen-bond acceptors (Lipinski definition) is 5. The molecule has 2 N–H and O–H groups in total. The summed E-state index contributed by atoms with van der Waals surface area (Å²) in [4.78, 5) is 27.7. The van der Waals surface area contributed by atoms with Gasteiger partial charge in [0, 0.05) is 30.9 Å². The number of hydrogen-bond donors (Lipinski definition) is 2. The van der Waals surface area contributed by atoms with Gasteiger partial charge in [-0.05, 0) is 37.1 Å². The van der Waals surface area contributed by atoms with E-state index in [-0.39, 0.29) is 5.69 Å². The molecule has 1 aromatic carbocycles. The van der Waals surface area contributed by atoms with E-state index >= 15 is 0 Å². The Labute approximate surface area is 143 Å². The molecule has 0 unspecified atom stereocenters. The second-order valence-electron chi connectivity index (χ2n) is 5.82. The third-order valence-electron chi connectivity index (χ3n) is 4.28. The molecule has 4 aromatic rings. The van der Waals surface area contributed by atoms with Gasteiger partial charge in [0.25, 0.3) is 0 Å². The van der Waals surface area contributed by atoms with Gasteiger partial charge in [0.05, 0.1) is 16.6 Å². The highest BCUT2D eigenvalue weighted by Crippen LogP contribution is 2.24. The van der Waals surface area contributed by atoms with Crippen LogP contribution < -0.4 is 11.0 Å². The summed E-state index contributed by atoms with van der Waals surface area (Å²) in [5.41, 5.74) is 3.53. The number of benzene rings is 1. The van der Waals surface area contributed by atoms with E-state index in [1.165, 1.54) is 5.56 Å². The third-order valence-corrected chi connectivity index (χ3v) is 4.28. The number of imidazole rings is 1. The summed E-state index contributed by atoms with van der Waals surface area (Å²) in [6.45, 7) is 3.30. The standard InChI is InChI=1S/C18H18N6O/c1-2-24-16-9-14-13(8-15(16)23-18(24)25)17(22-11-21-14)20-7-5-12-4-3-6-19-10-12/h3-4,6,8-11H,2,5,7H2,1H3,(H,23,25)(H,20,21,22). The zero-order chi connectivity index (χ0) is 17.2. The number of H-pyrrole nitrogens is 1. The van der Waals surface area contributed by atoms with E-state index in [1.807, 2.05) is 31.3 Å². The lowest BCUT2D eigenvalue weighted by molar-refractivity contribution is 0.753. The Bertz CT molecular complexity index is 1080. The zero-order valence-electron chi connectivity index (χ0n) is 13.9. The van der Waals surface area contributed by atoms with Crippen LogP contribution in [0.1, 0.15) is 12.5 Å². The number of fused-ring (bicyclic) bond motifs is 2. The molecule has 0 aliphatic rings. The average Bonchev–Trinajstić information content (AvgIpc) is 2.95. The fourth-order valence-corrected chi connectivity index (χ4v) is 3.03. The molecule has 0 spiro atoms. The zero-order valence-corrected chi connectivity index (χ0v) is 13.9. The van der Waals surface area contributed by atoms with E-state index in [2.05, 4.69) is 31.3 Å². The first-order valence-electron chi connectivity index (χ1n) is 8.26. The molecule has 0 fully saturated rings. The average molecular weight is 334 g/mol. The van der Waals surface area contributed by atoms with Gasteiger partial charge in [-0.1, -0.05) is 6.07 Å². The van der Waals surface area contributed by atoms with Gasteiger partial charge >= 0.3 is 5.69 Å². The Morgan fingerprint density at radius 3 is 3.00 bits per heavy atom. The quantitative estimate of drug-likeness (QED) is 0.585. The number of aryl methyl sites for hydroxylation is 1. The number of nitrogens with one attached hydrogen (secondary N) is 2. The topological polar surface area (TPSA) is 88.5 Å². The van der Waals surface area contributed by atoms with Crippen LogP contribution in [0.3, 0.4) is 0 Å². The Morgan fingerprint density at radius 1 is 1.28 bits per heavy atom. The van der Waals surface area contributed by atoms with Crippen LogP contribution in [-0.2, 0) is 13.0 Å². The van der Waals surface area contributed by atoms with Gasteiger partial charge in [0.15, 0.2) is 0 Å². The molecular formula is C18H18N6O. The summed E-state index contributed by atoms with van der Waals surface area (Å²) in [6.07, 6.45) is 6.02. The molecule has 7 nitrogen and oxygen atoms in total. The Morgan fingerprint density at radius 2 is 2.20 bits per heavy atom. The number of nitrogens with zero attached hydrogens (tertiary/aromatic N) is 4. The summed E-state index contributed by atoms with van der Waals surface area (Å²) in [7, 11) is 0. The van der Waals surface area contributed by atoms with Crippen LogP contribution in [0, 0.1) is 0 Å². The molecule has 3 heterocycles. The van der Waals surface area contributed by atoms with Crippen molar-refractivity contribution in [2.45, 2.75) is 19.9 Å². The summed E-state index contributed by atoms with van der Waals surface area (Å²) in [6, 6.07) is 7.85. The lowest BCUT2D eigenvalue weighted by Gasteiger charge is -2.09. The van der Waals surface area contributed by atoms with Crippen molar-refractivity contribution in [3.05, 3.63) is 59.0 Å². The van der Waals surface area contributed by atoms with Crippen LogP contribution in [-0.4, -0.2) is 31.0 Å². The first-order chi connectivity index (χ1) is 12.3. The molecule has 3 aromatic heterocycles. The first-order valence-corrected chi connectivity index (χ1v) is 8.26. The van der Waals surface area contributed by atoms with Crippen molar-refractivity contribution in [2.75, 3.05) is 11.9 Å². The van der Waals surface area contributed by atoms with E-state index in [1.54, 1.807) is 17.1 Å². The van der Waals surface area contributed by atoms with Crippen LogP contribution >= 0.6 is 0 Å². The van der Waals surface area contributed by atoms with Crippen molar-refractivity contribution in [1.82, 2.24) is 24.5 Å². The SMILES string of the molecule is CCn1c(=O)[nH]c2cc3c(NCCc4cccnc4)ncnc3cc21. The van der Waals surface area contributed by atoms with E-state index in [4.69, 9.17) is 0 Å². The summed E-state index contributed by atoms with van der Waals surface area (Å²) >= 11 is 0. The second-order valence-corrected chi connectivity index (χ2v) is 5.82. The van der Waals surface area contributed by atoms with Crippen LogP contribution in [0.5, 0.6) is 0 Å². The highest BCUT2D eigenvalue weighted by Gasteiger charge is 2.10. The van der Waals surface area contributed by atoms with Crippen molar-refractivity contribution in [2.24, 2.45) is 0 Å². The summed E-state index contributed by atoms with van der Waals surface area (Å²) < 4.78 is 1.70. The molecule has 0 atom stereocenters. The minimum Gasteiger partial charge on any atom is -0.369 e. The van der Waals surface area contributed by atoms with Gasteiger partial charge in [0.2, 0.25) is 0 Å². The molecule has 0 amide bonds. The smallest absolute Gasteiger partial charge is 0.326 e. The molecule has 7 heteroatoms. The van der Waals surface area contributed by atoms with Gasteiger partial charge in [-0.2, -0.15) is 0 Å². The summed E-state index contributed by atoms with van der Waals surface area (Å²) in [5, 5.41) is 4.25. The molecule has 0 bridgehead atoms. The van der Waals surface area contributed by atoms with E-state index < -0.39 is 0 Å². The predicted octanol–water partition coefficient (Wildman–Crippen LogP) is 2.34. The van der Waals surface area contributed by atoms with Crippen molar-refractivity contribution < 1.29 is 0 Å². The van der Waals surface area contributed by atoms with Gasteiger partial charge < -0.3 is 10.3 Å². The van der Waals surface area contributed by atoms with Gasteiger partial charge in [-0.3, -0.25) is 9.55 Å².